The van der Waals surface area contributed by atoms with Gasteiger partial charge in [-0.25, -0.2) is 0 Å². The molecule has 0 spiro atoms. The Morgan fingerprint density at radius 1 is 1.37 bits per heavy atom. The van der Waals surface area contributed by atoms with E-state index in [1.165, 1.54) is 0 Å². The summed E-state index contributed by atoms with van der Waals surface area (Å²) in [5.41, 5.74) is -0.591. The topological polar surface area (TPSA) is 46.2 Å². The Morgan fingerprint density at radius 2 is 2.00 bits per heavy atom. The van der Waals surface area contributed by atoms with E-state index in [1.54, 1.807) is 0 Å². The molecule has 2 rings (SSSR count). The van der Waals surface area contributed by atoms with E-state index < -0.39 is 5.60 Å². The van der Waals surface area contributed by atoms with Crippen molar-refractivity contribution in [1.29, 1.82) is 0 Å². The standard InChI is InChI=1S/C15H18N2O2/c1-15(18)10-8-12(9-11-15)14(17-16-2)19-13-6-4-3-5-7-13/h3-7,12,18H,8-11H2,1H3/b17-14-. The molecular formula is C15H18N2O2. The number of para-hydroxylation sites is 1. The fourth-order valence-electron chi connectivity index (χ4n) is 2.33. The van der Waals surface area contributed by atoms with Crippen molar-refractivity contribution >= 4 is 5.90 Å². The molecule has 1 N–H and O–H groups in total. The van der Waals surface area contributed by atoms with E-state index in [4.69, 9.17) is 11.3 Å². The zero-order chi connectivity index (χ0) is 13.7. The fraction of sp³-hybridized carbons (Fsp3) is 0.467. The van der Waals surface area contributed by atoms with E-state index in [0.717, 1.165) is 12.8 Å². The van der Waals surface area contributed by atoms with E-state index in [2.05, 4.69) is 10.1 Å². The lowest BCUT2D eigenvalue weighted by Crippen LogP contribution is -2.34. The SMILES string of the molecule is [C-]#[N+]/N=C(\Oc1ccccc1)C1CCC(C)(O)CC1. The number of hydrogen-bond donors (Lipinski definition) is 1. The molecule has 4 heteroatoms. The number of nitrogens with zero attached hydrogens (tertiary/aromatic N) is 2. The van der Waals surface area contributed by atoms with Crippen molar-refractivity contribution in [1.82, 2.24) is 0 Å². The van der Waals surface area contributed by atoms with Crippen LogP contribution < -0.4 is 4.74 Å². The van der Waals surface area contributed by atoms with Crippen molar-refractivity contribution in [2.45, 2.75) is 38.2 Å². The van der Waals surface area contributed by atoms with Gasteiger partial charge in [0.25, 0.3) is 5.90 Å². The van der Waals surface area contributed by atoms with E-state index in [9.17, 15) is 5.11 Å². The minimum Gasteiger partial charge on any atom is -0.437 e. The van der Waals surface area contributed by atoms with Gasteiger partial charge in [0.05, 0.1) is 5.60 Å². The lowest BCUT2D eigenvalue weighted by atomic mass is 9.80. The van der Waals surface area contributed by atoms with Crippen LogP contribution in [0.1, 0.15) is 32.6 Å². The Morgan fingerprint density at radius 3 is 2.58 bits per heavy atom. The molecule has 0 amide bonds. The summed E-state index contributed by atoms with van der Waals surface area (Å²) in [5, 5.41) is 13.7. The van der Waals surface area contributed by atoms with Gasteiger partial charge in [0.1, 0.15) is 10.9 Å². The molecule has 1 saturated carbocycles. The number of benzene rings is 1. The van der Waals surface area contributed by atoms with E-state index in [1.807, 2.05) is 37.3 Å². The average molecular weight is 258 g/mol. The third kappa shape index (κ3) is 3.80. The predicted octanol–water partition coefficient (Wildman–Crippen LogP) is 3.24. The van der Waals surface area contributed by atoms with Crippen LogP contribution in [0.3, 0.4) is 0 Å². The van der Waals surface area contributed by atoms with Crippen LogP contribution in [0.5, 0.6) is 5.75 Å². The number of ether oxygens (including phenoxy) is 1. The third-order valence-electron chi connectivity index (χ3n) is 3.53. The van der Waals surface area contributed by atoms with Gasteiger partial charge in [-0.15, -0.1) is 4.95 Å². The Kier molecular flexibility index (Phi) is 4.18. The second kappa shape index (κ2) is 5.85. The van der Waals surface area contributed by atoms with Crippen molar-refractivity contribution in [3.63, 3.8) is 0 Å². The molecule has 0 bridgehead atoms. The van der Waals surface area contributed by atoms with Crippen molar-refractivity contribution < 1.29 is 9.84 Å². The maximum absolute atomic E-state index is 9.95. The van der Waals surface area contributed by atoms with Gasteiger partial charge >= 0.3 is 0 Å². The number of aliphatic hydroxyl groups is 1. The van der Waals surface area contributed by atoms with Gasteiger partial charge < -0.3 is 9.84 Å². The van der Waals surface area contributed by atoms with Gasteiger partial charge in [-0.2, -0.15) is 6.57 Å². The molecule has 4 nitrogen and oxygen atoms in total. The first-order valence-corrected chi connectivity index (χ1v) is 6.50. The van der Waals surface area contributed by atoms with Gasteiger partial charge in [-0.3, -0.25) is 0 Å². The highest BCUT2D eigenvalue weighted by atomic mass is 16.5. The molecule has 0 radical (unpaired) electrons. The monoisotopic (exact) mass is 258 g/mol. The molecule has 1 aliphatic carbocycles. The van der Waals surface area contributed by atoms with Crippen LogP contribution in [0, 0.1) is 12.5 Å². The molecule has 0 heterocycles. The van der Waals surface area contributed by atoms with Crippen LogP contribution in [0.4, 0.5) is 0 Å². The van der Waals surface area contributed by atoms with E-state index in [0.29, 0.717) is 24.5 Å². The lowest BCUT2D eigenvalue weighted by molar-refractivity contribution is 0.0145. The van der Waals surface area contributed by atoms with Crippen LogP contribution in [0.15, 0.2) is 35.4 Å². The average Bonchev–Trinajstić information content (AvgIpc) is 2.39. The molecule has 0 atom stereocenters. The molecule has 1 fully saturated rings. The van der Waals surface area contributed by atoms with E-state index >= 15 is 0 Å². The maximum atomic E-state index is 9.95. The van der Waals surface area contributed by atoms with Crippen LogP contribution >= 0.6 is 0 Å². The summed E-state index contributed by atoms with van der Waals surface area (Å²) >= 11 is 0. The predicted molar refractivity (Wildman–Crippen MR) is 73.7 cm³/mol. The first kappa shape index (κ1) is 13.6. The summed E-state index contributed by atoms with van der Waals surface area (Å²) in [7, 11) is 0. The Balaban J connectivity index is 2.06. The van der Waals surface area contributed by atoms with Crippen molar-refractivity contribution in [3.8, 4) is 5.75 Å². The molecule has 1 aromatic carbocycles. The first-order valence-electron chi connectivity index (χ1n) is 6.50. The molecule has 0 aliphatic heterocycles. The summed E-state index contributed by atoms with van der Waals surface area (Å²) in [5.74, 6) is 1.29. The maximum Gasteiger partial charge on any atom is 0.278 e. The quantitative estimate of drug-likeness (QED) is 0.383. The lowest BCUT2D eigenvalue weighted by Gasteiger charge is -2.32. The molecule has 100 valence electrons. The minimum absolute atomic E-state index is 0.120. The van der Waals surface area contributed by atoms with Crippen LogP contribution in [0.25, 0.3) is 4.95 Å². The third-order valence-corrected chi connectivity index (χ3v) is 3.53. The molecular weight excluding hydrogens is 240 g/mol. The summed E-state index contributed by atoms with van der Waals surface area (Å²) in [6.45, 7) is 8.76. The second-order valence-corrected chi connectivity index (χ2v) is 5.22. The van der Waals surface area contributed by atoms with Gasteiger partial charge in [-0.05, 0) is 44.7 Å². The normalized spacial score (nSPS) is 27.6. The summed E-state index contributed by atoms with van der Waals surface area (Å²) in [6, 6.07) is 9.38. The van der Waals surface area contributed by atoms with Crippen LogP contribution in [-0.2, 0) is 0 Å². The zero-order valence-electron chi connectivity index (χ0n) is 11.0. The highest BCUT2D eigenvalue weighted by Gasteiger charge is 2.33. The van der Waals surface area contributed by atoms with Gasteiger partial charge in [0.2, 0.25) is 0 Å². The highest BCUT2D eigenvalue weighted by molar-refractivity contribution is 5.81. The Labute approximate surface area is 113 Å². The number of rotatable bonds is 2. The van der Waals surface area contributed by atoms with Crippen molar-refractivity contribution in [2.24, 2.45) is 11.0 Å². The number of hydrogen-bond acceptors (Lipinski definition) is 3. The van der Waals surface area contributed by atoms with Gasteiger partial charge in [0, 0.05) is 5.92 Å². The minimum atomic E-state index is -0.591. The van der Waals surface area contributed by atoms with E-state index in [-0.39, 0.29) is 5.92 Å². The smallest absolute Gasteiger partial charge is 0.278 e. The van der Waals surface area contributed by atoms with Crippen LogP contribution in [0.2, 0.25) is 0 Å². The van der Waals surface area contributed by atoms with Crippen molar-refractivity contribution in [3.05, 3.63) is 41.9 Å². The molecule has 0 aromatic heterocycles. The summed E-state index contributed by atoms with van der Waals surface area (Å²) in [4.78, 5) is 3.09. The molecule has 1 aromatic rings. The molecule has 19 heavy (non-hydrogen) atoms. The Hall–Kier alpha value is -1.86. The highest BCUT2D eigenvalue weighted by Crippen LogP contribution is 2.33. The molecule has 0 saturated heterocycles. The van der Waals surface area contributed by atoms with Gasteiger partial charge in [0.15, 0.2) is 0 Å². The van der Waals surface area contributed by atoms with Crippen molar-refractivity contribution in [2.75, 3.05) is 0 Å². The Bertz CT molecular complexity index is 479. The molecule has 0 unspecified atom stereocenters. The molecule has 1 aliphatic rings. The second-order valence-electron chi connectivity index (χ2n) is 5.22. The summed E-state index contributed by atoms with van der Waals surface area (Å²) in [6.07, 6.45) is 3.03. The van der Waals surface area contributed by atoms with Crippen LogP contribution in [-0.4, -0.2) is 16.6 Å². The summed E-state index contributed by atoms with van der Waals surface area (Å²) < 4.78 is 5.72. The largest absolute Gasteiger partial charge is 0.437 e. The van der Waals surface area contributed by atoms with Gasteiger partial charge in [-0.1, -0.05) is 18.2 Å². The first-order chi connectivity index (χ1) is 9.11. The zero-order valence-corrected chi connectivity index (χ0v) is 11.0. The fourth-order valence-corrected chi connectivity index (χ4v) is 2.33.